The fourth-order valence-electron chi connectivity index (χ4n) is 2.38. The van der Waals surface area contributed by atoms with Crippen LogP contribution in [0.2, 0.25) is 4.34 Å². The molecule has 0 aliphatic carbocycles. The Labute approximate surface area is 153 Å². The smallest absolute Gasteiger partial charge is 0.317 e. The Balaban J connectivity index is 1.54. The van der Waals surface area contributed by atoms with Crippen LogP contribution in [0.5, 0.6) is 0 Å². The van der Waals surface area contributed by atoms with E-state index in [1.165, 1.54) is 10.4 Å². The number of rotatable bonds is 4. The number of urea groups is 1. The van der Waals surface area contributed by atoms with Gasteiger partial charge in [-0.15, -0.1) is 22.7 Å². The minimum atomic E-state index is -3.53. The largest absolute Gasteiger partial charge is 0.333 e. The number of carbonyl (C=O) groups excluding carboxylic acids is 1. The van der Waals surface area contributed by atoms with Crippen LogP contribution in [0.15, 0.2) is 33.9 Å². The standard InChI is InChI=1S/C14H16ClN3O3S3/c15-12-3-4-13(23-12)24(20,21)18-7-5-17(6-8-18)14(19)16-10-11-2-1-9-22-11/h1-4,9H,5-8,10H2,(H,16,19). The van der Waals surface area contributed by atoms with E-state index in [0.29, 0.717) is 24.0 Å². The first-order valence-electron chi connectivity index (χ1n) is 7.27. The Morgan fingerprint density at radius 3 is 2.54 bits per heavy atom. The summed E-state index contributed by atoms with van der Waals surface area (Å²) in [6.07, 6.45) is 0. The number of nitrogens with one attached hydrogen (secondary N) is 1. The third-order valence-corrected chi connectivity index (χ3v) is 8.14. The lowest BCUT2D eigenvalue weighted by molar-refractivity contribution is 0.172. The topological polar surface area (TPSA) is 69.7 Å². The average molecular weight is 406 g/mol. The molecule has 3 heterocycles. The Morgan fingerprint density at radius 2 is 1.96 bits per heavy atom. The second-order valence-corrected chi connectivity index (χ2v) is 10.1. The maximum Gasteiger partial charge on any atom is 0.317 e. The Kier molecular flexibility index (Phi) is 5.46. The Bertz CT molecular complexity index is 796. The number of hydrogen-bond acceptors (Lipinski definition) is 5. The lowest BCUT2D eigenvalue weighted by atomic mass is 10.4. The van der Waals surface area contributed by atoms with Crippen molar-refractivity contribution in [2.24, 2.45) is 0 Å². The van der Waals surface area contributed by atoms with Gasteiger partial charge in [0.2, 0.25) is 0 Å². The van der Waals surface area contributed by atoms with Crippen LogP contribution in [0, 0.1) is 0 Å². The van der Waals surface area contributed by atoms with Crippen molar-refractivity contribution in [3.05, 3.63) is 38.9 Å². The summed E-state index contributed by atoms with van der Waals surface area (Å²) < 4.78 is 27.1. The number of piperazine rings is 1. The van der Waals surface area contributed by atoms with E-state index >= 15 is 0 Å². The normalized spacial score (nSPS) is 16.3. The molecule has 1 aliphatic heterocycles. The molecule has 2 amide bonds. The van der Waals surface area contributed by atoms with Crippen molar-refractivity contribution in [2.45, 2.75) is 10.8 Å². The molecule has 0 radical (unpaired) electrons. The van der Waals surface area contributed by atoms with Crippen molar-refractivity contribution >= 4 is 50.3 Å². The highest BCUT2D eigenvalue weighted by Gasteiger charge is 2.31. The molecule has 0 bridgehead atoms. The molecular weight excluding hydrogens is 390 g/mol. The molecule has 0 atom stereocenters. The maximum absolute atomic E-state index is 12.5. The van der Waals surface area contributed by atoms with Gasteiger partial charge in [-0.05, 0) is 23.6 Å². The van der Waals surface area contributed by atoms with Gasteiger partial charge in [-0.2, -0.15) is 4.31 Å². The summed E-state index contributed by atoms with van der Waals surface area (Å²) in [5.41, 5.74) is 0. The molecule has 0 saturated carbocycles. The zero-order valence-electron chi connectivity index (χ0n) is 12.6. The lowest BCUT2D eigenvalue weighted by Crippen LogP contribution is -2.52. The van der Waals surface area contributed by atoms with E-state index in [0.717, 1.165) is 16.2 Å². The summed E-state index contributed by atoms with van der Waals surface area (Å²) in [7, 11) is -3.53. The molecule has 3 rings (SSSR count). The number of carbonyl (C=O) groups is 1. The molecule has 1 fully saturated rings. The first-order chi connectivity index (χ1) is 11.5. The van der Waals surface area contributed by atoms with E-state index < -0.39 is 10.0 Å². The van der Waals surface area contributed by atoms with Gasteiger partial charge in [-0.25, -0.2) is 13.2 Å². The molecule has 1 saturated heterocycles. The summed E-state index contributed by atoms with van der Waals surface area (Å²) >= 11 is 8.45. The molecule has 2 aromatic rings. The van der Waals surface area contributed by atoms with Crippen molar-refractivity contribution in [1.82, 2.24) is 14.5 Å². The van der Waals surface area contributed by atoms with Crippen LogP contribution in [0.4, 0.5) is 4.79 Å². The van der Waals surface area contributed by atoms with Gasteiger partial charge in [0.1, 0.15) is 4.21 Å². The second kappa shape index (κ2) is 7.40. The molecule has 1 N–H and O–H groups in total. The van der Waals surface area contributed by atoms with E-state index in [4.69, 9.17) is 11.6 Å². The fraction of sp³-hybridized carbons (Fsp3) is 0.357. The van der Waals surface area contributed by atoms with Crippen molar-refractivity contribution in [2.75, 3.05) is 26.2 Å². The van der Waals surface area contributed by atoms with Gasteiger partial charge in [0, 0.05) is 31.1 Å². The molecular formula is C14H16ClN3O3S3. The highest BCUT2D eigenvalue weighted by Crippen LogP contribution is 2.28. The van der Waals surface area contributed by atoms with Gasteiger partial charge in [0.25, 0.3) is 10.0 Å². The molecule has 1 aliphatic rings. The molecule has 24 heavy (non-hydrogen) atoms. The van der Waals surface area contributed by atoms with Gasteiger partial charge >= 0.3 is 6.03 Å². The summed E-state index contributed by atoms with van der Waals surface area (Å²) in [6.45, 7) is 1.79. The van der Waals surface area contributed by atoms with Gasteiger partial charge in [-0.1, -0.05) is 17.7 Å². The third-order valence-electron chi connectivity index (χ3n) is 3.66. The van der Waals surface area contributed by atoms with E-state index in [1.807, 2.05) is 17.5 Å². The fourth-order valence-corrected chi connectivity index (χ4v) is 6.09. The van der Waals surface area contributed by atoms with Crippen LogP contribution in [0.3, 0.4) is 0 Å². The van der Waals surface area contributed by atoms with Crippen LogP contribution in [-0.2, 0) is 16.6 Å². The minimum absolute atomic E-state index is 0.167. The summed E-state index contributed by atoms with van der Waals surface area (Å²) in [6, 6.07) is 6.82. The Morgan fingerprint density at radius 1 is 1.21 bits per heavy atom. The first-order valence-corrected chi connectivity index (χ1v) is 10.8. The lowest BCUT2D eigenvalue weighted by Gasteiger charge is -2.33. The van der Waals surface area contributed by atoms with Crippen molar-refractivity contribution in [3.8, 4) is 0 Å². The third kappa shape index (κ3) is 3.92. The summed E-state index contributed by atoms with van der Waals surface area (Å²) in [4.78, 5) is 14.9. The predicted octanol–water partition coefficient (Wildman–Crippen LogP) is 2.68. The van der Waals surface area contributed by atoms with Gasteiger partial charge in [0.15, 0.2) is 0 Å². The zero-order chi connectivity index (χ0) is 17.2. The van der Waals surface area contributed by atoms with Crippen LogP contribution < -0.4 is 5.32 Å². The Hall–Kier alpha value is -1.13. The number of sulfonamides is 1. The van der Waals surface area contributed by atoms with Crippen LogP contribution in [0.1, 0.15) is 4.88 Å². The average Bonchev–Trinajstić information content (AvgIpc) is 3.24. The van der Waals surface area contributed by atoms with E-state index in [2.05, 4.69) is 5.32 Å². The van der Waals surface area contributed by atoms with Crippen LogP contribution in [0.25, 0.3) is 0 Å². The molecule has 2 aromatic heterocycles. The molecule has 0 aromatic carbocycles. The molecule has 130 valence electrons. The number of hydrogen-bond donors (Lipinski definition) is 1. The monoisotopic (exact) mass is 405 g/mol. The number of nitrogens with zero attached hydrogens (tertiary/aromatic N) is 2. The first kappa shape index (κ1) is 17.7. The second-order valence-electron chi connectivity index (χ2n) is 5.19. The molecule has 0 unspecified atom stereocenters. The summed E-state index contributed by atoms with van der Waals surface area (Å²) in [5.74, 6) is 0. The quantitative estimate of drug-likeness (QED) is 0.850. The summed E-state index contributed by atoms with van der Waals surface area (Å²) in [5, 5.41) is 4.82. The number of halogens is 1. The van der Waals surface area contributed by atoms with Crippen LogP contribution in [-0.4, -0.2) is 49.8 Å². The predicted molar refractivity (Wildman–Crippen MR) is 96.2 cm³/mol. The maximum atomic E-state index is 12.5. The number of amides is 2. The zero-order valence-corrected chi connectivity index (χ0v) is 15.8. The molecule has 0 spiro atoms. The van der Waals surface area contributed by atoms with Gasteiger partial charge in [0.05, 0.1) is 10.9 Å². The minimum Gasteiger partial charge on any atom is -0.333 e. The molecule has 6 nitrogen and oxygen atoms in total. The molecule has 10 heteroatoms. The van der Waals surface area contributed by atoms with E-state index in [-0.39, 0.29) is 23.3 Å². The van der Waals surface area contributed by atoms with Crippen molar-refractivity contribution < 1.29 is 13.2 Å². The van der Waals surface area contributed by atoms with Crippen molar-refractivity contribution in [3.63, 3.8) is 0 Å². The van der Waals surface area contributed by atoms with Gasteiger partial charge < -0.3 is 10.2 Å². The van der Waals surface area contributed by atoms with E-state index in [1.54, 1.807) is 22.3 Å². The highest BCUT2D eigenvalue weighted by atomic mass is 35.5. The highest BCUT2D eigenvalue weighted by molar-refractivity contribution is 7.91. The van der Waals surface area contributed by atoms with Crippen molar-refractivity contribution in [1.29, 1.82) is 0 Å². The van der Waals surface area contributed by atoms with Crippen LogP contribution >= 0.6 is 34.3 Å². The van der Waals surface area contributed by atoms with E-state index in [9.17, 15) is 13.2 Å². The van der Waals surface area contributed by atoms with Gasteiger partial charge in [-0.3, -0.25) is 0 Å². The number of thiophene rings is 2. The SMILES string of the molecule is O=C(NCc1cccs1)N1CCN(S(=O)(=O)c2ccc(Cl)s2)CC1.